The van der Waals surface area contributed by atoms with Gasteiger partial charge in [-0.05, 0) is 18.9 Å². The fraction of sp³-hybridized carbons (Fsp3) is 0.739. The van der Waals surface area contributed by atoms with Crippen LogP contribution in [0.1, 0.15) is 77.6 Å². The molecule has 0 aromatic carbocycles. The number of quaternary nitrogens is 1. The maximum absolute atomic E-state index is 12.3. The zero-order valence-electron chi connectivity index (χ0n) is 18.5. The predicted molar refractivity (Wildman–Crippen MR) is 115 cm³/mol. The summed E-state index contributed by atoms with van der Waals surface area (Å²) in [7, 11) is 5.44. The molecule has 0 rings (SSSR count). The van der Waals surface area contributed by atoms with Gasteiger partial charge in [-0.25, -0.2) is 0 Å². The Balaban J connectivity index is 4.16. The number of allylic oxidation sites excluding steroid dienone is 3. The first kappa shape index (κ1) is 26.5. The summed E-state index contributed by atoms with van der Waals surface area (Å²) in [5.41, 5.74) is -1.88. The predicted octanol–water partition coefficient (Wildman–Crippen LogP) is 4.50. The van der Waals surface area contributed by atoms with Gasteiger partial charge in [-0.2, -0.15) is 0 Å². The van der Waals surface area contributed by atoms with Crippen molar-refractivity contribution in [3.63, 3.8) is 0 Å². The van der Waals surface area contributed by atoms with Gasteiger partial charge in [0.25, 0.3) is 0 Å². The number of carboxylic acids is 1. The van der Waals surface area contributed by atoms with E-state index < -0.39 is 23.8 Å². The maximum Gasteiger partial charge on any atom is 0.307 e. The number of likely N-dealkylation sites (N-methyl/N-ethyl adjacent to an activating group) is 1. The lowest BCUT2D eigenvalue weighted by Gasteiger charge is -2.33. The largest absolute Gasteiger partial charge is 0.481 e. The molecule has 0 aliphatic rings. The van der Waals surface area contributed by atoms with Gasteiger partial charge in [0.15, 0.2) is 11.4 Å². The molecule has 0 aromatic heterocycles. The van der Waals surface area contributed by atoms with E-state index in [1.807, 2.05) is 27.2 Å². The molecule has 0 aromatic rings. The van der Waals surface area contributed by atoms with E-state index in [0.29, 0.717) is 4.48 Å². The van der Waals surface area contributed by atoms with Gasteiger partial charge < -0.3 is 14.7 Å². The Morgan fingerprint density at radius 3 is 1.93 bits per heavy atom. The van der Waals surface area contributed by atoms with E-state index >= 15 is 0 Å². The van der Waals surface area contributed by atoms with Crippen molar-refractivity contribution in [2.75, 3.05) is 27.7 Å². The second-order valence-corrected chi connectivity index (χ2v) is 8.82. The average molecular weight is 397 g/mol. The third-order valence-corrected chi connectivity index (χ3v) is 4.61. The van der Waals surface area contributed by atoms with Gasteiger partial charge in [-0.1, -0.05) is 76.5 Å². The third kappa shape index (κ3) is 14.6. The second-order valence-electron chi connectivity index (χ2n) is 8.82. The molecule has 0 amide bonds. The van der Waals surface area contributed by atoms with Crippen LogP contribution in [0.5, 0.6) is 0 Å². The molecule has 0 fully saturated rings. The van der Waals surface area contributed by atoms with Crippen molar-refractivity contribution >= 4 is 11.8 Å². The van der Waals surface area contributed by atoms with E-state index in [4.69, 9.17) is 5.11 Å². The SMILES string of the molecule is CCCCCCCCCCCC=CC=CC(=O)C(O)(CC(=O)O)C[N+](C)(C)C. The number of aliphatic carboxylic acids is 1. The van der Waals surface area contributed by atoms with Gasteiger partial charge in [0.05, 0.1) is 27.6 Å². The van der Waals surface area contributed by atoms with Gasteiger partial charge in [-0.15, -0.1) is 0 Å². The molecular weight excluding hydrogens is 354 g/mol. The number of aliphatic hydroxyl groups is 1. The number of hydrogen-bond donors (Lipinski definition) is 2. The lowest BCUT2D eigenvalue weighted by atomic mass is 9.92. The van der Waals surface area contributed by atoms with Crippen LogP contribution in [-0.2, 0) is 9.59 Å². The smallest absolute Gasteiger partial charge is 0.307 e. The van der Waals surface area contributed by atoms with Crippen LogP contribution in [0.3, 0.4) is 0 Å². The quantitative estimate of drug-likeness (QED) is 0.164. The van der Waals surface area contributed by atoms with Crippen LogP contribution in [0.4, 0.5) is 0 Å². The third-order valence-electron chi connectivity index (χ3n) is 4.61. The standard InChI is InChI=1S/C23H41NO4/c1-5-6-7-8-9-10-11-12-13-14-15-16-17-18-21(25)23(28,19-22(26)27)20-24(2,3)4/h15-18,28H,5-14,19-20H2,1-4H3/p+1. The Labute approximate surface area is 171 Å². The molecule has 5 heteroatoms. The van der Waals surface area contributed by atoms with Crippen LogP contribution >= 0.6 is 0 Å². The minimum absolute atomic E-state index is 0.0463. The molecular formula is C23H42NO4+. The first-order valence-corrected chi connectivity index (χ1v) is 10.7. The van der Waals surface area contributed by atoms with Crippen molar-refractivity contribution in [3.05, 3.63) is 24.3 Å². The highest BCUT2D eigenvalue weighted by Crippen LogP contribution is 2.17. The zero-order valence-corrected chi connectivity index (χ0v) is 18.5. The zero-order chi connectivity index (χ0) is 21.5. The molecule has 1 atom stereocenters. The van der Waals surface area contributed by atoms with E-state index in [1.165, 1.54) is 57.4 Å². The fourth-order valence-corrected chi connectivity index (χ4v) is 3.30. The molecule has 2 N–H and O–H groups in total. The minimum Gasteiger partial charge on any atom is -0.481 e. The minimum atomic E-state index is -1.88. The molecule has 0 bridgehead atoms. The summed E-state index contributed by atoms with van der Waals surface area (Å²) in [6, 6.07) is 0. The maximum atomic E-state index is 12.3. The molecule has 162 valence electrons. The summed E-state index contributed by atoms with van der Waals surface area (Å²) in [6.07, 6.45) is 18.7. The van der Waals surface area contributed by atoms with Crippen LogP contribution in [0, 0.1) is 0 Å². The molecule has 0 heterocycles. The topological polar surface area (TPSA) is 74.6 Å². The van der Waals surface area contributed by atoms with Crippen molar-refractivity contribution in [3.8, 4) is 0 Å². The molecule has 0 spiro atoms. The lowest BCUT2D eigenvalue weighted by Crippen LogP contribution is -2.54. The van der Waals surface area contributed by atoms with E-state index in [9.17, 15) is 14.7 Å². The van der Waals surface area contributed by atoms with Crippen LogP contribution in [0.2, 0.25) is 0 Å². The molecule has 1 unspecified atom stereocenters. The Morgan fingerprint density at radius 1 is 0.893 bits per heavy atom. The first-order chi connectivity index (χ1) is 13.1. The van der Waals surface area contributed by atoms with Crippen LogP contribution in [0.25, 0.3) is 0 Å². The summed E-state index contributed by atoms with van der Waals surface area (Å²) < 4.78 is 0.303. The molecule has 28 heavy (non-hydrogen) atoms. The molecule has 0 saturated heterocycles. The normalized spacial score (nSPS) is 14.6. The van der Waals surface area contributed by atoms with Crippen molar-refractivity contribution in [1.82, 2.24) is 0 Å². The number of carbonyl (C=O) groups excluding carboxylic acids is 1. The van der Waals surface area contributed by atoms with Crippen molar-refractivity contribution in [2.45, 2.75) is 83.2 Å². The van der Waals surface area contributed by atoms with Gasteiger partial charge in [0.2, 0.25) is 0 Å². The summed E-state index contributed by atoms with van der Waals surface area (Å²) in [5.74, 6) is -1.74. The Kier molecular flexibility index (Phi) is 13.8. The number of nitrogens with zero attached hydrogens (tertiary/aromatic N) is 1. The number of carbonyl (C=O) groups is 2. The Bertz CT molecular complexity index is 505. The Hall–Kier alpha value is -1.46. The average Bonchev–Trinajstić information content (AvgIpc) is 2.56. The van der Waals surface area contributed by atoms with Crippen molar-refractivity contribution < 1.29 is 24.3 Å². The van der Waals surface area contributed by atoms with E-state index in [-0.39, 0.29) is 6.54 Å². The number of ketones is 1. The monoisotopic (exact) mass is 396 g/mol. The molecule has 5 nitrogen and oxygen atoms in total. The van der Waals surface area contributed by atoms with Crippen molar-refractivity contribution in [2.24, 2.45) is 0 Å². The molecule has 0 saturated carbocycles. The first-order valence-electron chi connectivity index (χ1n) is 10.7. The summed E-state index contributed by atoms with van der Waals surface area (Å²) in [6.45, 7) is 2.28. The Morgan fingerprint density at radius 2 is 1.43 bits per heavy atom. The summed E-state index contributed by atoms with van der Waals surface area (Å²) in [4.78, 5) is 23.4. The molecule has 0 radical (unpaired) electrons. The summed E-state index contributed by atoms with van der Waals surface area (Å²) >= 11 is 0. The van der Waals surface area contributed by atoms with Gasteiger partial charge in [0.1, 0.15) is 6.54 Å². The van der Waals surface area contributed by atoms with Gasteiger partial charge in [-0.3, -0.25) is 9.59 Å². The van der Waals surface area contributed by atoms with E-state index in [0.717, 1.165) is 12.8 Å². The number of unbranched alkanes of at least 4 members (excludes halogenated alkanes) is 9. The van der Waals surface area contributed by atoms with Crippen LogP contribution in [-0.4, -0.2) is 59.7 Å². The molecule has 0 aliphatic carbocycles. The highest BCUT2D eigenvalue weighted by Gasteiger charge is 2.41. The lowest BCUT2D eigenvalue weighted by molar-refractivity contribution is -0.875. The number of carboxylic acid groups (broad SMARTS) is 1. The molecule has 0 aliphatic heterocycles. The van der Waals surface area contributed by atoms with Gasteiger partial charge >= 0.3 is 5.97 Å². The second kappa shape index (κ2) is 14.5. The number of hydrogen-bond acceptors (Lipinski definition) is 3. The fourth-order valence-electron chi connectivity index (χ4n) is 3.30. The highest BCUT2D eigenvalue weighted by molar-refractivity contribution is 5.99. The van der Waals surface area contributed by atoms with Gasteiger partial charge in [0, 0.05) is 0 Å². The van der Waals surface area contributed by atoms with E-state index in [1.54, 1.807) is 12.2 Å². The van der Waals surface area contributed by atoms with Crippen LogP contribution < -0.4 is 0 Å². The summed E-state index contributed by atoms with van der Waals surface area (Å²) in [5, 5.41) is 19.6. The highest BCUT2D eigenvalue weighted by atomic mass is 16.4. The van der Waals surface area contributed by atoms with Crippen molar-refractivity contribution in [1.29, 1.82) is 0 Å². The van der Waals surface area contributed by atoms with E-state index in [2.05, 4.69) is 6.92 Å². The number of rotatable bonds is 17. The van der Waals surface area contributed by atoms with Crippen LogP contribution in [0.15, 0.2) is 24.3 Å².